The molecular weight excluding hydrogens is 529 g/mol. The number of pyridine rings is 1. The maximum Gasteiger partial charge on any atom is 0.249 e. The first kappa shape index (κ1) is 27.0. The van der Waals surface area contributed by atoms with E-state index < -0.39 is 23.2 Å². The van der Waals surface area contributed by atoms with Gasteiger partial charge in [-0.3, -0.25) is 19.7 Å². The molecule has 2 aliphatic heterocycles. The van der Waals surface area contributed by atoms with Gasteiger partial charge in [-0.15, -0.1) is 0 Å². The zero-order valence-corrected chi connectivity index (χ0v) is 22.3. The quantitative estimate of drug-likeness (QED) is 0.449. The second kappa shape index (κ2) is 11.4. The number of carbonyl (C=O) groups excluding carboxylic acids is 3. The lowest BCUT2D eigenvalue weighted by Gasteiger charge is -2.32. The highest BCUT2D eigenvalue weighted by molar-refractivity contribution is 6.06. The zero-order valence-electron chi connectivity index (χ0n) is 22.3. The minimum Gasteiger partial charge on any atom is -0.369 e. The summed E-state index contributed by atoms with van der Waals surface area (Å²) in [6, 6.07) is 14.7. The van der Waals surface area contributed by atoms with Crippen LogP contribution in [0.15, 0.2) is 60.8 Å². The van der Waals surface area contributed by atoms with Crippen molar-refractivity contribution < 1.29 is 28.2 Å². The molecule has 3 aliphatic rings. The summed E-state index contributed by atoms with van der Waals surface area (Å²) in [5.74, 6) is -0.626. The number of hydrogen-bond acceptors (Lipinski definition) is 7. The summed E-state index contributed by atoms with van der Waals surface area (Å²) in [4.78, 5) is 45.3. The Labute approximate surface area is 236 Å². The van der Waals surface area contributed by atoms with Gasteiger partial charge in [-0.1, -0.05) is 24.3 Å². The van der Waals surface area contributed by atoms with Crippen molar-refractivity contribution in [2.75, 3.05) is 50.3 Å². The van der Waals surface area contributed by atoms with Crippen molar-refractivity contribution in [2.45, 2.75) is 24.3 Å². The number of aromatic nitrogens is 1. The molecule has 0 saturated carbocycles. The Balaban J connectivity index is 1.20. The topological polar surface area (TPSA) is 122 Å². The monoisotopic (exact) mass is 559 g/mol. The fourth-order valence-electron chi connectivity index (χ4n) is 5.87. The Morgan fingerprint density at radius 1 is 1.07 bits per heavy atom. The van der Waals surface area contributed by atoms with E-state index in [0.29, 0.717) is 43.1 Å². The minimum atomic E-state index is -0.708. The lowest BCUT2D eigenvalue weighted by Crippen LogP contribution is -2.45. The van der Waals surface area contributed by atoms with Crippen LogP contribution in [0.1, 0.15) is 28.3 Å². The molecule has 212 valence electrons. The zero-order chi connectivity index (χ0) is 28.4. The Morgan fingerprint density at radius 3 is 2.73 bits per heavy atom. The average molecular weight is 560 g/mol. The molecule has 3 aromatic rings. The highest BCUT2D eigenvalue weighted by atomic mass is 19.1. The molecule has 3 N–H and O–H groups in total. The van der Waals surface area contributed by atoms with E-state index in [1.165, 1.54) is 17.0 Å². The Morgan fingerprint density at radius 2 is 1.88 bits per heavy atom. The molecule has 2 atom stereocenters. The first-order valence-electron chi connectivity index (χ1n) is 13.5. The molecule has 10 nitrogen and oxygen atoms in total. The minimum absolute atomic E-state index is 0.0702. The largest absolute Gasteiger partial charge is 0.369 e. The number of fused-ring (bicyclic) bond motifs is 3. The molecule has 2 aromatic carbocycles. The van der Waals surface area contributed by atoms with Crippen LogP contribution in [-0.4, -0.2) is 67.2 Å². The molecule has 0 radical (unpaired) electrons. The number of anilines is 2. The molecule has 3 heterocycles. The van der Waals surface area contributed by atoms with Crippen LogP contribution in [0.4, 0.5) is 15.9 Å². The third kappa shape index (κ3) is 5.43. The fraction of sp³-hybridized carbons (Fsp3) is 0.333. The van der Waals surface area contributed by atoms with Crippen LogP contribution in [-0.2, 0) is 42.1 Å². The standard InChI is InChI=1S/C30H30FN5O5/c31-22-6-3-19(4-7-22)25-15-32-18-41-11-10-40-17-27(38)36(25)16-26(37)34-23-8-5-20-13-30(14-21(20)12-23)24-2-1-9-33-28(24)35-29(30)39/h1-9,12,25,32H,10-11,13-18H2,(H,34,37)(H,33,35,39). The highest BCUT2D eigenvalue weighted by Crippen LogP contribution is 2.46. The molecule has 1 fully saturated rings. The molecule has 2 unspecified atom stereocenters. The van der Waals surface area contributed by atoms with Crippen molar-refractivity contribution in [3.63, 3.8) is 0 Å². The van der Waals surface area contributed by atoms with Crippen LogP contribution in [0, 0.1) is 5.82 Å². The van der Waals surface area contributed by atoms with Crippen LogP contribution in [0.3, 0.4) is 0 Å². The number of amides is 3. The first-order chi connectivity index (χ1) is 19.9. The highest BCUT2D eigenvalue weighted by Gasteiger charge is 2.51. The normalized spacial score (nSPS) is 22.6. The first-order valence-corrected chi connectivity index (χ1v) is 13.5. The van der Waals surface area contributed by atoms with Gasteiger partial charge in [-0.05, 0) is 59.9 Å². The molecule has 1 aromatic heterocycles. The van der Waals surface area contributed by atoms with Gasteiger partial charge in [0.15, 0.2) is 0 Å². The van der Waals surface area contributed by atoms with Gasteiger partial charge in [-0.25, -0.2) is 9.37 Å². The predicted octanol–water partition coefficient (Wildman–Crippen LogP) is 2.31. The number of halogens is 1. The number of nitrogens with one attached hydrogen (secondary N) is 3. The van der Waals surface area contributed by atoms with Crippen molar-refractivity contribution in [3.8, 4) is 0 Å². The van der Waals surface area contributed by atoms with Gasteiger partial charge in [0.25, 0.3) is 0 Å². The number of rotatable bonds is 4. The Kier molecular flexibility index (Phi) is 7.48. The third-order valence-electron chi connectivity index (χ3n) is 7.87. The van der Waals surface area contributed by atoms with E-state index in [4.69, 9.17) is 9.47 Å². The number of nitrogens with zero attached hydrogens (tertiary/aromatic N) is 2. The lowest BCUT2D eigenvalue weighted by atomic mass is 9.79. The summed E-state index contributed by atoms with van der Waals surface area (Å²) in [6.45, 7) is 0.645. The molecule has 3 amide bonds. The van der Waals surface area contributed by atoms with Crippen LogP contribution in [0.25, 0.3) is 0 Å². The van der Waals surface area contributed by atoms with Crippen LogP contribution in [0.5, 0.6) is 0 Å². The summed E-state index contributed by atoms with van der Waals surface area (Å²) in [6.07, 6.45) is 2.71. The van der Waals surface area contributed by atoms with Crippen molar-refractivity contribution in [1.29, 1.82) is 0 Å². The van der Waals surface area contributed by atoms with E-state index in [1.54, 1.807) is 24.4 Å². The van der Waals surface area contributed by atoms with Gasteiger partial charge < -0.3 is 25.0 Å². The average Bonchev–Trinajstić information content (AvgIpc) is 3.47. The van der Waals surface area contributed by atoms with Crippen LogP contribution in [0.2, 0.25) is 0 Å². The second-order valence-corrected chi connectivity index (χ2v) is 10.5. The summed E-state index contributed by atoms with van der Waals surface area (Å²) >= 11 is 0. The molecule has 1 saturated heterocycles. The van der Waals surface area contributed by atoms with Gasteiger partial charge in [0.05, 0.1) is 31.4 Å². The number of hydrogen-bond donors (Lipinski definition) is 3. The van der Waals surface area contributed by atoms with Gasteiger partial charge in [-0.2, -0.15) is 0 Å². The number of carbonyl (C=O) groups is 3. The van der Waals surface area contributed by atoms with E-state index in [9.17, 15) is 18.8 Å². The number of benzene rings is 2. The third-order valence-corrected chi connectivity index (χ3v) is 7.87. The fourth-order valence-corrected chi connectivity index (χ4v) is 5.87. The van der Waals surface area contributed by atoms with E-state index in [2.05, 4.69) is 20.9 Å². The molecule has 1 aliphatic carbocycles. The molecular formula is C30H30FN5O5. The number of ether oxygens (including phenoxy) is 2. The molecule has 41 heavy (non-hydrogen) atoms. The van der Waals surface area contributed by atoms with Crippen molar-refractivity contribution in [3.05, 3.63) is 88.9 Å². The molecule has 11 heteroatoms. The van der Waals surface area contributed by atoms with Gasteiger partial charge in [0, 0.05) is 24.0 Å². The maximum absolute atomic E-state index is 13.7. The SMILES string of the molecule is O=C(CN1C(=O)COCCOCNCC1c1ccc(F)cc1)Nc1ccc2c(c1)CC1(C2)C(=O)Nc2ncccc21. The molecule has 6 rings (SSSR count). The van der Waals surface area contributed by atoms with Gasteiger partial charge in [0.1, 0.15) is 24.8 Å². The van der Waals surface area contributed by atoms with E-state index in [0.717, 1.165) is 16.7 Å². The van der Waals surface area contributed by atoms with E-state index in [1.807, 2.05) is 24.3 Å². The summed E-state index contributed by atoms with van der Waals surface area (Å²) in [5.41, 5.74) is 3.44. The maximum atomic E-state index is 13.7. The van der Waals surface area contributed by atoms with Crippen molar-refractivity contribution >= 4 is 29.2 Å². The molecule has 1 spiro atoms. The van der Waals surface area contributed by atoms with Crippen LogP contribution >= 0.6 is 0 Å². The van der Waals surface area contributed by atoms with Crippen LogP contribution < -0.4 is 16.0 Å². The van der Waals surface area contributed by atoms with E-state index in [-0.39, 0.29) is 38.3 Å². The van der Waals surface area contributed by atoms with Gasteiger partial charge in [0.2, 0.25) is 17.7 Å². The summed E-state index contributed by atoms with van der Waals surface area (Å²) in [7, 11) is 0. The molecule has 0 bridgehead atoms. The van der Waals surface area contributed by atoms with Crippen molar-refractivity contribution in [1.82, 2.24) is 15.2 Å². The second-order valence-electron chi connectivity index (χ2n) is 10.5. The van der Waals surface area contributed by atoms with Crippen molar-refractivity contribution in [2.24, 2.45) is 0 Å². The Bertz CT molecular complexity index is 1480. The Hall–Kier alpha value is -4.19. The summed E-state index contributed by atoms with van der Waals surface area (Å²) < 4.78 is 24.6. The lowest BCUT2D eigenvalue weighted by molar-refractivity contribution is -0.141. The van der Waals surface area contributed by atoms with Gasteiger partial charge >= 0.3 is 0 Å². The van der Waals surface area contributed by atoms with E-state index >= 15 is 0 Å². The predicted molar refractivity (Wildman–Crippen MR) is 148 cm³/mol. The smallest absolute Gasteiger partial charge is 0.249 e. The summed E-state index contributed by atoms with van der Waals surface area (Å²) in [5, 5.41) is 8.97.